The van der Waals surface area contributed by atoms with Gasteiger partial charge in [0.2, 0.25) is 0 Å². The number of methoxy groups -OCH3 is 1. The van der Waals surface area contributed by atoms with Crippen LogP contribution in [-0.4, -0.2) is 45.7 Å². The molecule has 0 saturated carbocycles. The van der Waals surface area contributed by atoms with Crippen LogP contribution in [0.4, 0.5) is 0 Å². The van der Waals surface area contributed by atoms with Crippen LogP contribution in [0.1, 0.15) is 5.56 Å². The number of aliphatic hydroxyl groups excluding tert-OH is 1. The lowest BCUT2D eigenvalue weighted by molar-refractivity contribution is 0.125. The summed E-state index contributed by atoms with van der Waals surface area (Å²) < 4.78 is 34.9. The van der Waals surface area contributed by atoms with Gasteiger partial charge in [-0.15, -0.1) is 0 Å². The molecule has 2 aromatic rings. The number of hydrogen-bond acceptors (Lipinski definition) is 5. The van der Waals surface area contributed by atoms with Gasteiger partial charge >= 0.3 is 0 Å². The van der Waals surface area contributed by atoms with E-state index in [0.717, 1.165) is 12.0 Å². The lowest BCUT2D eigenvalue weighted by Crippen LogP contribution is -2.27. The summed E-state index contributed by atoms with van der Waals surface area (Å²) in [5.41, 5.74) is 1.01. The summed E-state index contributed by atoms with van der Waals surface area (Å²) >= 11 is 6.16. The standard InChI is InChI=1S/C18H21ClO5S/c1-23-10-9-14-7-8-18(17(19)11-14)24-12-15(20)13-25(21,22)16-5-3-2-4-6-16/h2-8,11,15,20H,9-10,12-13H2,1H3. The second kappa shape index (κ2) is 9.20. The van der Waals surface area contributed by atoms with Crippen molar-refractivity contribution in [1.82, 2.24) is 0 Å². The van der Waals surface area contributed by atoms with Crippen molar-refractivity contribution < 1.29 is 23.0 Å². The molecule has 0 aliphatic carbocycles. The monoisotopic (exact) mass is 384 g/mol. The first-order valence-electron chi connectivity index (χ1n) is 7.78. The maximum Gasteiger partial charge on any atom is 0.181 e. The zero-order valence-corrected chi connectivity index (χ0v) is 15.5. The highest BCUT2D eigenvalue weighted by molar-refractivity contribution is 7.91. The fraction of sp³-hybridized carbons (Fsp3) is 0.333. The normalized spacial score (nSPS) is 12.8. The lowest BCUT2D eigenvalue weighted by atomic mass is 10.1. The lowest BCUT2D eigenvalue weighted by Gasteiger charge is -2.14. The molecule has 0 radical (unpaired) electrons. The molecule has 7 heteroatoms. The van der Waals surface area contributed by atoms with Gasteiger partial charge in [0.25, 0.3) is 0 Å². The van der Waals surface area contributed by atoms with E-state index < -0.39 is 21.7 Å². The van der Waals surface area contributed by atoms with Gasteiger partial charge in [-0.3, -0.25) is 0 Å². The van der Waals surface area contributed by atoms with Crippen molar-refractivity contribution in [2.45, 2.75) is 17.4 Å². The molecule has 136 valence electrons. The molecule has 1 atom stereocenters. The average Bonchev–Trinajstić information content (AvgIpc) is 2.59. The van der Waals surface area contributed by atoms with Crippen molar-refractivity contribution in [3.63, 3.8) is 0 Å². The number of sulfone groups is 1. The van der Waals surface area contributed by atoms with Gasteiger partial charge in [-0.05, 0) is 36.2 Å². The minimum absolute atomic E-state index is 0.163. The van der Waals surface area contributed by atoms with Crippen molar-refractivity contribution in [2.75, 3.05) is 26.1 Å². The minimum atomic E-state index is -3.57. The van der Waals surface area contributed by atoms with Crippen molar-refractivity contribution >= 4 is 21.4 Å². The van der Waals surface area contributed by atoms with Crippen molar-refractivity contribution in [2.24, 2.45) is 0 Å². The molecule has 0 heterocycles. The van der Waals surface area contributed by atoms with Crippen LogP contribution in [0.25, 0.3) is 0 Å². The molecule has 5 nitrogen and oxygen atoms in total. The van der Waals surface area contributed by atoms with E-state index in [0.29, 0.717) is 17.4 Å². The summed E-state index contributed by atoms with van der Waals surface area (Å²) in [6.07, 6.45) is -0.427. The Morgan fingerprint density at radius 3 is 2.52 bits per heavy atom. The molecule has 0 aromatic heterocycles. The Bertz CT molecular complexity index is 777. The molecule has 0 aliphatic rings. The molecular formula is C18H21ClO5S. The third-order valence-corrected chi connectivity index (χ3v) is 5.65. The Morgan fingerprint density at radius 1 is 1.16 bits per heavy atom. The van der Waals surface area contributed by atoms with Crippen LogP contribution in [0.5, 0.6) is 5.75 Å². The minimum Gasteiger partial charge on any atom is -0.489 e. The molecule has 0 fully saturated rings. The molecule has 25 heavy (non-hydrogen) atoms. The number of halogens is 1. The highest BCUT2D eigenvalue weighted by Gasteiger charge is 2.20. The van der Waals surface area contributed by atoms with Gasteiger partial charge in [-0.1, -0.05) is 35.9 Å². The van der Waals surface area contributed by atoms with Gasteiger partial charge in [-0.25, -0.2) is 8.42 Å². The number of hydrogen-bond donors (Lipinski definition) is 1. The molecule has 2 rings (SSSR count). The Kier molecular flexibility index (Phi) is 7.25. The van der Waals surface area contributed by atoms with Gasteiger partial charge in [-0.2, -0.15) is 0 Å². The smallest absolute Gasteiger partial charge is 0.181 e. The van der Waals surface area contributed by atoms with Gasteiger partial charge in [0, 0.05) is 7.11 Å². The Labute approximate surface area is 153 Å². The number of benzene rings is 2. The molecule has 0 amide bonds. The molecule has 1 unspecified atom stereocenters. The summed E-state index contributed by atoms with van der Waals surface area (Å²) in [6.45, 7) is 0.426. The first-order valence-corrected chi connectivity index (χ1v) is 9.81. The van der Waals surface area contributed by atoms with Crippen LogP contribution in [0, 0.1) is 0 Å². The summed E-state index contributed by atoms with van der Waals surface area (Å²) in [7, 11) is -1.94. The van der Waals surface area contributed by atoms with Crippen LogP contribution < -0.4 is 4.74 Å². The van der Waals surface area contributed by atoms with Gasteiger partial charge < -0.3 is 14.6 Å². The van der Waals surface area contributed by atoms with Crippen LogP contribution in [0.3, 0.4) is 0 Å². The van der Waals surface area contributed by atoms with Crippen LogP contribution in [0.2, 0.25) is 5.02 Å². The predicted molar refractivity (Wildman–Crippen MR) is 97.0 cm³/mol. The summed E-state index contributed by atoms with van der Waals surface area (Å²) in [5.74, 6) is -0.0143. The highest BCUT2D eigenvalue weighted by atomic mass is 35.5. The molecule has 0 bridgehead atoms. The fourth-order valence-electron chi connectivity index (χ4n) is 2.25. The molecule has 0 aliphatic heterocycles. The number of ether oxygens (including phenoxy) is 2. The van der Waals surface area contributed by atoms with Gasteiger partial charge in [0.05, 0.1) is 22.3 Å². The van der Waals surface area contributed by atoms with Crippen molar-refractivity contribution in [1.29, 1.82) is 0 Å². The zero-order valence-electron chi connectivity index (χ0n) is 13.9. The summed E-state index contributed by atoms with van der Waals surface area (Å²) in [6, 6.07) is 13.3. The Morgan fingerprint density at radius 2 is 1.88 bits per heavy atom. The van der Waals surface area contributed by atoms with Crippen molar-refractivity contribution in [3.05, 3.63) is 59.1 Å². The largest absolute Gasteiger partial charge is 0.489 e. The second-order valence-corrected chi connectivity index (χ2v) is 8.01. The van der Waals surface area contributed by atoms with E-state index >= 15 is 0 Å². The van der Waals surface area contributed by atoms with E-state index in [-0.39, 0.29) is 11.5 Å². The predicted octanol–water partition coefficient (Wildman–Crippen LogP) is 2.74. The molecule has 2 aromatic carbocycles. The molecule has 1 N–H and O–H groups in total. The van der Waals surface area contributed by atoms with E-state index in [9.17, 15) is 13.5 Å². The topological polar surface area (TPSA) is 72.8 Å². The summed E-state index contributed by atoms with van der Waals surface area (Å²) in [5, 5.41) is 10.4. The van der Waals surface area contributed by atoms with E-state index in [4.69, 9.17) is 21.1 Å². The maximum absolute atomic E-state index is 12.2. The quantitative estimate of drug-likeness (QED) is 0.719. The number of rotatable bonds is 9. The van der Waals surface area contributed by atoms with E-state index in [1.807, 2.05) is 6.07 Å². The van der Waals surface area contributed by atoms with E-state index in [2.05, 4.69) is 0 Å². The third kappa shape index (κ3) is 6.01. The maximum atomic E-state index is 12.2. The van der Waals surface area contributed by atoms with Gasteiger partial charge in [0.15, 0.2) is 9.84 Å². The van der Waals surface area contributed by atoms with Crippen molar-refractivity contribution in [3.8, 4) is 5.75 Å². The van der Waals surface area contributed by atoms with Crippen LogP contribution in [0.15, 0.2) is 53.4 Å². The zero-order chi connectivity index (χ0) is 18.3. The van der Waals surface area contributed by atoms with Crippen LogP contribution in [-0.2, 0) is 21.0 Å². The Hall–Kier alpha value is -1.60. The Balaban J connectivity index is 1.92. The highest BCUT2D eigenvalue weighted by Crippen LogP contribution is 2.26. The van der Waals surface area contributed by atoms with E-state index in [1.165, 1.54) is 12.1 Å². The molecular weight excluding hydrogens is 364 g/mol. The number of aliphatic hydroxyl groups is 1. The second-order valence-electron chi connectivity index (χ2n) is 5.57. The van der Waals surface area contributed by atoms with Gasteiger partial charge in [0.1, 0.15) is 18.5 Å². The first kappa shape index (κ1) is 19.7. The first-order chi connectivity index (χ1) is 11.9. The third-order valence-electron chi connectivity index (χ3n) is 3.54. The fourth-order valence-corrected chi connectivity index (χ4v) is 3.87. The van der Waals surface area contributed by atoms with Crippen LogP contribution >= 0.6 is 11.6 Å². The summed E-state index contributed by atoms with van der Waals surface area (Å²) in [4.78, 5) is 0.176. The average molecular weight is 385 g/mol. The molecule has 0 saturated heterocycles. The van der Waals surface area contributed by atoms with E-state index in [1.54, 1.807) is 37.4 Å². The SMILES string of the molecule is COCCc1ccc(OCC(O)CS(=O)(=O)c2ccccc2)c(Cl)c1. The molecule has 0 spiro atoms.